The van der Waals surface area contributed by atoms with Gasteiger partial charge in [-0.25, -0.2) is 0 Å². The maximum Gasteiger partial charge on any atom is 0.323 e. The van der Waals surface area contributed by atoms with E-state index < -0.39 is 23.1 Å². The van der Waals surface area contributed by atoms with Gasteiger partial charge in [0.1, 0.15) is 5.60 Å². The zero-order chi connectivity index (χ0) is 18.5. The molecule has 136 valence electrons. The Bertz CT molecular complexity index is 627. The van der Waals surface area contributed by atoms with Crippen molar-refractivity contribution >= 4 is 17.8 Å². The minimum atomic E-state index is -1.26. The molecule has 0 heterocycles. The standard InChI is InChI=1S/C21H28O4/c1-20(2,3)25-19(23)21(15-9-8-12-17(21)22)18(24-4)14-13-16-10-6-5-7-11-16/h5-7,10-11,13-14,18H,8-9,12,15H2,1-4H3/b14-13+. The molecule has 1 fully saturated rings. The number of Topliss-reactive ketones (excluding diaryl/α,β-unsaturated/α-hetero) is 1. The van der Waals surface area contributed by atoms with Crippen LogP contribution in [0.1, 0.15) is 52.0 Å². The van der Waals surface area contributed by atoms with Gasteiger partial charge in [0, 0.05) is 13.5 Å². The first kappa shape index (κ1) is 19.4. The van der Waals surface area contributed by atoms with E-state index in [9.17, 15) is 9.59 Å². The molecule has 2 unspecified atom stereocenters. The summed E-state index contributed by atoms with van der Waals surface area (Å²) in [6, 6.07) is 9.75. The molecule has 25 heavy (non-hydrogen) atoms. The molecule has 0 aliphatic heterocycles. The number of carbonyl (C=O) groups excluding carboxylic acids is 2. The summed E-state index contributed by atoms with van der Waals surface area (Å²) < 4.78 is 11.2. The van der Waals surface area contributed by atoms with Crippen LogP contribution >= 0.6 is 0 Å². The number of hydrogen-bond donors (Lipinski definition) is 0. The fourth-order valence-electron chi connectivity index (χ4n) is 3.26. The van der Waals surface area contributed by atoms with Gasteiger partial charge in [0.2, 0.25) is 0 Å². The van der Waals surface area contributed by atoms with Gasteiger partial charge >= 0.3 is 5.97 Å². The maximum absolute atomic E-state index is 13.0. The molecule has 0 radical (unpaired) electrons. The number of esters is 1. The van der Waals surface area contributed by atoms with Crippen LogP contribution in [0.3, 0.4) is 0 Å². The van der Waals surface area contributed by atoms with Crippen LogP contribution in [0.4, 0.5) is 0 Å². The van der Waals surface area contributed by atoms with Gasteiger partial charge in [-0.3, -0.25) is 9.59 Å². The summed E-state index contributed by atoms with van der Waals surface area (Å²) in [6.07, 6.45) is 5.52. The van der Waals surface area contributed by atoms with Crippen molar-refractivity contribution in [2.45, 2.75) is 58.2 Å². The van der Waals surface area contributed by atoms with Crippen molar-refractivity contribution in [3.05, 3.63) is 42.0 Å². The van der Waals surface area contributed by atoms with E-state index in [4.69, 9.17) is 9.47 Å². The Morgan fingerprint density at radius 2 is 1.88 bits per heavy atom. The van der Waals surface area contributed by atoms with Crippen LogP contribution in [0.2, 0.25) is 0 Å². The predicted octanol–water partition coefficient (Wildman–Crippen LogP) is 4.19. The monoisotopic (exact) mass is 344 g/mol. The van der Waals surface area contributed by atoms with E-state index in [0.717, 1.165) is 18.4 Å². The molecule has 1 aliphatic rings. The highest BCUT2D eigenvalue weighted by atomic mass is 16.6. The van der Waals surface area contributed by atoms with Gasteiger partial charge in [0.25, 0.3) is 0 Å². The lowest BCUT2D eigenvalue weighted by atomic mass is 9.68. The highest BCUT2D eigenvalue weighted by Crippen LogP contribution is 2.41. The van der Waals surface area contributed by atoms with Gasteiger partial charge in [-0.1, -0.05) is 48.9 Å². The lowest BCUT2D eigenvalue weighted by molar-refractivity contribution is -0.179. The molecule has 4 nitrogen and oxygen atoms in total. The Labute approximate surface area is 150 Å². The second-order valence-corrected chi connectivity index (χ2v) is 7.53. The Hall–Kier alpha value is -1.94. The molecule has 2 rings (SSSR count). The largest absolute Gasteiger partial charge is 0.459 e. The van der Waals surface area contributed by atoms with Gasteiger partial charge < -0.3 is 9.47 Å². The quantitative estimate of drug-likeness (QED) is 0.594. The number of ether oxygens (including phenoxy) is 2. The molecule has 0 saturated heterocycles. The van der Waals surface area contributed by atoms with Crippen molar-refractivity contribution in [1.29, 1.82) is 0 Å². The van der Waals surface area contributed by atoms with Crippen LogP contribution < -0.4 is 0 Å². The highest BCUT2D eigenvalue weighted by molar-refractivity contribution is 6.05. The number of rotatable bonds is 5. The molecule has 2 atom stereocenters. The second-order valence-electron chi connectivity index (χ2n) is 7.53. The smallest absolute Gasteiger partial charge is 0.323 e. The third kappa shape index (κ3) is 4.57. The van der Waals surface area contributed by atoms with Crippen LogP contribution in [0, 0.1) is 5.41 Å². The van der Waals surface area contributed by atoms with Gasteiger partial charge in [-0.15, -0.1) is 0 Å². The number of benzene rings is 1. The fraction of sp³-hybridized carbons (Fsp3) is 0.524. The van der Waals surface area contributed by atoms with Crippen LogP contribution in [0.5, 0.6) is 0 Å². The van der Waals surface area contributed by atoms with Crippen LogP contribution in [-0.2, 0) is 19.1 Å². The van der Waals surface area contributed by atoms with Crippen LogP contribution in [0.15, 0.2) is 36.4 Å². The van der Waals surface area contributed by atoms with Crippen molar-refractivity contribution in [2.75, 3.05) is 7.11 Å². The van der Waals surface area contributed by atoms with E-state index in [-0.39, 0.29) is 5.78 Å². The summed E-state index contributed by atoms with van der Waals surface area (Å²) in [4.78, 5) is 25.8. The molecular formula is C21H28O4. The summed E-state index contributed by atoms with van der Waals surface area (Å²) in [5.41, 5.74) is -0.915. The van der Waals surface area contributed by atoms with Gasteiger partial charge in [-0.05, 0) is 39.2 Å². The lowest BCUT2D eigenvalue weighted by Gasteiger charge is -2.39. The predicted molar refractivity (Wildman–Crippen MR) is 98.0 cm³/mol. The second kappa shape index (κ2) is 7.96. The molecule has 0 amide bonds. The zero-order valence-corrected chi connectivity index (χ0v) is 15.6. The maximum atomic E-state index is 13.0. The zero-order valence-electron chi connectivity index (χ0n) is 15.6. The van der Waals surface area contributed by atoms with Crippen molar-refractivity contribution < 1.29 is 19.1 Å². The van der Waals surface area contributed by atoms with Crippen molar-refractivity contribution in [3.63, 3.8) is 0 Å². The molecule has 1 aromatic carbocycles. The lowest BCUT2D eigenvalue weighted by Crippen LogP contribution is -2.53. The Kier molecular flexibility index (Phi) is 6.17. The molecule has 1 aliphatic carbocycles. The molecule has 1 aromatic rings. The minimum absolute atomic E-state index is 0.0856. The third-order valence-electron chi connectivity index (χ3n) is 4.49. The summed E-state index contributed by atoms with van der Waals surface area (Å²) >= 11 is 0. The normalized spacial score (nSPS) is 22.8. The molecule has 4 heteroatoms. The van der Waals surface area contributed by atoms with Crippen molar-refractivity contribution in [1.82, 2.24) is 0 Å². The Morgan fingerprint density at radius 3 is 2.44 bits per heavy atom. The van der Waals surface area contributed by atoms with E-state index in [1.165, 1.54) is 7.11 Å². The van der Waals surface area contributed by atoms with Crippen molar-refractivity contribution in [3.8, 4) is 0 Å². The van der Waals surface area contributed by atoms with Gasteiger partial charge in [-0.2, -0.15) is 0 Å². The van der Waals surface area contributed by atoms with Crippen LogP contribution in [0.25, 0.3) is 6.08 Å². The molecule has 1 saturated carbocycles. The number of carbonyl (C=O) groups is 2. The molecule has 0 bridgehead atoms. The van der Waals surface area contributed by atoms with E-state index in [1.807, 2.05) is 63.3 Å². The average Bonchev–Trinajstić information content (AvgIpc) is 2.56. The number of hydrogen-bond acceptors (Lipinski definition) is 4. The van der Waals surface area contributed by atoms with E-state index in [0.29, 0.717) is 12.8 Å². The summed E-state index contributed by atoms with van der Waals surface area (Å²) in [5, 5.41) is 0. The van der Waals surface area contributed by atoms with Crippen molar-refractivity contribution in [2.24, 2.45) is 5.41 Å². The topological polar surface area (TPSA) is 52.6 Å². The number of ketones is 1. The molecule has 0 aromatic heterocycles. The number of methoxy groups -OCH3 is 1. The van der Waals surface area contributed by atoms with Crippen LogP contribution in [-0.4, -0.2) is 30.6 Å². The minimum Gasteiger partial charge on any atom is -0.459 e. The third-order valence-corrected chi connectivity index (χ3v) is 4.49. The Balaban J connectivity index is 2.37. The summed E-state index contributed by atoms with van der Waals surface area (Å²) in [5.74, 6) is -0.563. The van der Waals surface area contributed by atoms with E-state index in [2.05, 4.69) is 0 Å². The first-order chi connectivity index (χ1) is 11.8. The van der Waals surface area contributed by atoms with Gasteiger partial charge in [0.05, 0.1) is 6.10 Å². The molecule has 0 spiro atoms. The average molecular weight is 344 g/mol. The summed E-state index contributed by atoms with van der Waals surface area (Å²) in [7, 11) is 1.54. The first-order valence-corrected chi connectivity index (χ1v) is 8.82. The molecular weight excluding hydrogens is 316 g/mol. The first-order valence-electron chi connectivity index (χ1n) is 8.82. The summed E-state index contributed by atoms with van der Waals surface area (Å²) in [6.45, 7) is 5.44. The molecule has 0 N–H and O–H groups in total. The SMILES string of the molecule is COC(/C=C/c1ccccc1)C1(C(=O)OC(C)(C)C)CCCCC1=O. The highest BCUT2D eigenvalue weighted by Gasteiger charge is 2.54. The van der Waals surface area contributed by atoms with E-state index in [1.54, 1.807) is 0 Å². The van der Waals surface area contributed by atoms with E-state index >= 15 is 0 Å². The van der Waals surface area contributed by atoms with Gasteiger partial charge in [0.15, 0.2) is 11.2 Å². The fourth-order valence-corrected chi connectivity index (χ4v) is 3.26. The Morgan fingerprint density at radius 1 is 1.20 bits per heavy atom.